The Hall–Kier alpha value is -0.0400. The van der Waals surface area contributed by atoms with Crippen molar-refractivity contribution in [3.05, 3.63) is 0 Å². The summed E-state index contributed by atoms with van der Waals surface area (Å²) in [5.74, 6) is 0.967. The highest BCUT2D eigenvalue weighted by molar-refractivity contribution is 4.95. The molecule has 0 spiro atoms. The van der Waals surface area contributed by atoms with Crippen LogP contribution in [0, 0.1) is 11.3 Å². The first kappa shape index (κ1) is 10.5. The molecule has 0 aromatic rings. The van der Waals surface area contributed by atoms with Gasteiger partial charge in [0.25, 0.3) is 0 Å². The van der Waals surface area contributed by atoms with E-state index in [2.05, 4.69) is 19.2 Å². The molecule has 0 radical (unpaired) electrons. The minimum absolute atomic E-state index is 0.737. The summed E-state index contributed by atoms with van der Waals surface area (Å²) in [6.45, 7) is 6.01. The summed E-state index contributed by atoms with van der Waals surface area (Å²) in [7, 11) is 0. The highest BCUT2D eigenvalue weighted by Crippen LogP contribution is 2.49. The van der Waals surface area contributed by atoms with E-state index in [1.54, 1.807) is 0 Å². The Kier molecular flexibility index (Phi) is 3.16. The fourth-order valence-electron chi connectivity index (χ4n) is 2.98. The average molecular weight is 195 g/mol. The van der Waals surface area contributed by atoms with Gasteiger partial charge in [0, 0.05) is 12.6 Å². The number of hydrogen-bond acceptors (Lipinski definition) is 1. The summed E-state index contributed by atoms with van der Waals surface area (Å²) in [4.78, 5) is 0. The second-order valence-electron chi connectivity index (χ2n) is 5.75. The van der Waals surface area contributed by atoms with Crippen LogP contribution in [-0.4, -0.2) is 12.6 Å². The molecule has 0 heterocycles. The second kappa shape index (κ2) is 4.22. The highest BCUT2D eigenvalue weighted by Gasteiger charge is 2.41. The zero-order valence-corrected chi connectivity index (χ0v) is 9.81. The maximum absolute atomic E-state index is 3.80. The lowest BCUT2D eigenvalue weighted by atomic mass is 10.0. The molecule has 2 saturated carbocycles. The van der Waals surface area contributed by atoms with E-state index >= 15 is 0 Å². The van der Waals surface area contributed by atoms with Gasteiger partial charge in [-0.2, -0.15) is 0 Å². The van der Waals surface area contributed by atoms with Crippen LogP contribution in [0.3, 0.4) is 0 Å². The third kappa shape index (κ3) is 2.50. The molecule has 2 rings (SSSR count). The van der Waals surface area contributed by atoms with Gasteiger partial charge in [-0.25, -0.2) is 0 Å². The Labute approximate surface area is 88.7 Å². The van der Waals surface area contributed by atoms with Gasteiger partial charge in [0.2, 0.25) is 0 Å². The molecular formula is C13H25N. The van der Waals surface area contributed by atoms with Gasteiger partial charge in [-0.05, 0) is 49.9 Å². The van der Waals surface area contributed by atoms with E-state index in [4.69, 9.17) is 0 Å². The summed E-state index contributed by atoms with van der Waals surface area (Å²) >= 11 is 0. The SMILES string of the molecule is CCCC1(CNC2CCC(C)C2)CC1. The molecule has 2 fully saturated rings. The van der Waals surface area contributed by atoms with Crippen molar-refractivity contribution in [3.8, 4) is 0 Å². The fraction of sp³-hybridized carbons (Fsp3) is 1.00. The maximum atomic E-state index is 3.80. The van der Waals surface area contributed by atoms with Crippen LogP contribution in [0.2, 0.25) is 0 Å². The molecule has 2 atom stereocenters. The monoisotopic (exact) mass is 195 g/mol. The molecule has 0 bridgehead atoms. The molecule has 2 aliphatic rings. The number of hydrogen-bond donors (Lipinski definition) is 1. The van der Waals surface area contributed by atoms with Gasteiger partial charge in [0.05, 0.1) is 0 Å². The Balaban J connectivity index is 1.67. The predicted octanol–water partition coefficient (Wildman–Crippen LogP) is 3.34. The van der Waals surface area contributed by atoms with Crippen molar-refractivity contribution < 1.29 is 0 Å². The van der Waals surface area contributed by atoms with E-state index in [1.165, 1.54) is 51.5 Å². The first-order chi connectivity index (χ1) is 6.74. The summed E-state index contributed by atoms with van der Waals surface area (Å²) < 4.78 is 0. The third-order valence-electron chi connectivity index (χ3n) is 4.20. The number of rotatable bonds is 5. The van der Waals surface area contributed by atoms with E-state index in [0.717, 1.165) is 17.4 Å². The zero-order valence-electron chi connectivity index (χ0n) is 9.81. The zero-order chi connectivity index (χ0) is 10.0. The second-order valence-corrected chi connectivity index (χ2v) is 5.75. The highest BCUT2D eigenvalue weighted by atomic mass is 14.9. The average Bonchev–Trinajstić information content (AvgIpc) is 2.80. The molecule has 0 aromatic heterocycles. The van der Waals surface area contributed by atoms with Crippen LogP contribution in [0.4, 0.5) is 0 Å². The third-order valence-corrected chi connectivity index (χ3v) is 4.20. The lowest BCUT2D eigenvalue weighted by Crippen LogP contribution is -2.32. The molecule has 0 amide bonds. The molecule has 0 aromatic carbocycles. The molecular weight excluding hydrogens is 170 g/mol. The van der Waals surface area contributed by atoms with Crippen molar-refractivity contribution in [3.63, 3.8) is 0 Å². The van der Waals surface area contributed by atoms with Crippen LogP contribution < -0.4 is 5.32 Å². The molecule has 82 valence electrons. The Morgan fingerprint density at radius 1 is 1.29 bits per heavy atom. The van der Waals surface area contributed by atoms with Crippen LogP contribution in [0.15, 0.2) is 0 Å². The number of nitrogens with one attached hydrogen (secondary N) is 1. The first-order valence-corrected chi connectivity index (χ1v) is 6.47. The van der Waals surface area contributed by atoms with Gasteiger partial charge in [-0.1, -0.05) is 20.3 Å². The van der Waals surface area contributed by atoms with E-state index in [9.17, 15) is 0 Å². The van der Waals surface area contributed by atoms with Crippen LogP contribution in [0.1, 0.15) is 58.8 Å². The van der Waals surface area contributed by atoms with Crippen LogP contribution in [-0.2, 0) is 0 Å². The minimum atomic E-state index is 0.737. The molecule has 0 aliphatic heterocycles. The van der Waals surface area contributed by atoms with Crippen LogP contribution in [0.25, 0.3) is 0 Å². The van der Waals surface area contributed by atoms with Crippen molar-refractivity contribution in [2.75, 3.05) is 6.54 Å². The molecule has 2 unspecified atom stereocenters. The van der Waals surface area contributed by atoms with Gasteiger partial charge < -0.3 is 5.32 Å². The summed E-state index contributed by atoms with van der Waals surface area (Å²) in [5, 5.41) is 3.80. The molecule has 14 heavy (non-hydrogen) atoms. The Bertz CT molecular complexity index is 184. The Morgan fingerprint density at radius 3 is 2.57 bits per heavy atom. The van der Waals surface area contributed by atoms with Gasteiger partial charge >= 0.3 is 0 Å². The van der Waals surface area contributed by atoms with Crippen molar-refractivity contribution in [2.24, 2.45) is 11.3 Å². The van der Waals surface area contributed by atoms with E-state index in [0.29, 0.717) is 0 Å². The van der Waals surface area contributed by atoms with E-state index < -0.39 is 0 Å². The van der Waals surface area contributed by atoms with Gasteiger partial charge in [0.1, 0.15) is 0 Å². The summed E-state index contributed by atoms with van der Waals surface area (Å²) in [5.41, 5.74) is 0.737. The van der Waals surface area contributed by atoms with Crippen molar-refractivity contribution in [1.29, 1.82) is 0 Å². The molecule has 1 heteroatoms. The lowest BCUT2D eigenvalue weighted by Gasteiger charge is -2.19. The van der Waals surface area contributed by atoms with Gasteiger partial charge in [-0.15, -0.1) is 0 Å². The molecule has 1 nitrogen and oxygen atoms in total. The fourth-order valence-corrected chi connectivity index (χ4v) is 2.98. The summed E-state index contributed by atoms with van der Waals surface area (Å²) in [6, 6.07) is 0.847. The quantitative estimate of drug-likeness (QED) is 0.709. The van der Waals surface area contributed by atoms with Crippen molar-refractivity contribution in [2.45, 2.75) is 64.8 Å². The van der Waals surface area contributed by atoms with E-state index in [-0.39, 0.29) is 0 Å². The summed E-state index contributed by atoms with van der Waals surface area (Å²) in [6.07, 6.45) is 10.1. The van der Waals surface area contributed by atoms with Crippen LogP contribution in [0.5, 0.6) is 0 Å². The van der Waals surface area contributed by atoms with Gasteiger partial charge in [-0.3, -0.25) is 0 Å². The van der Waals surface area contributed by atoms with Gasteiger partial charge in [0.15, 0.2) is 0 Å². The normalized spacial score (nSPS) is 34.7. The molecule has 1 N–H and O–H groups in total. The topological polar surface area (TPSA) is 12.0 Å². The largest absolute Gasteiger partial charge is 0.313 e. The van der Waals surface area contributed by atoms with E-state index in [1.807, 2.05) is 0 Å². The standard InChI is InChI=1S/C13H25N/c1-3-6-13(7-8-13)10-14-12-5-4-11(2)9-12/h11-12,14H,3-10H2,1-2H3. The van der Waals surface area contributed by atoms with Crippen molar-refractivity contribution >= 4 is 0 Å². The lowest BCUT2D eigenvalue weighted by molar-refractivity contribution is 0.382. The smallest absolute Gasteiger partial charge is 0.00699 e. The minimum Gasteiger partial charge on any atom is -0.313 e. The van der Waals surface area contributed by atoms with Crippen molar-refractivity contribution in [1.82, 2.24) is 5.32 Å². The Morgan fingerprint density at radius 2 is 2.07 bits per heavy atom. The molecule has 0 saturated heterocycles. The predicted molar refractivity (Wildman–Crippen MR) is 61.4 cm³/mol. The first-order valence-electron chi connectivity index (χ1n) is 6.47. The molecule has 2 aliphatic carbocycles. The van der Waals surface area contributed by atoms with Crippen LogP contribution >= 0.6 is 0 Å². The maximum Gasteiger partial charge on any atom is 0.00699 e.